The number of halogens is 2. The van der Waals surface area contributed by atoms with Gasteiger partial charge < -0.3 is 14.8 Å². The third-order valence-corrected chi connectivity index (χ3v) is 4.55. The maximum atomic E-state index is 14.0. The Kier molecular flexibility index (Phi) is 5.38. The van der Waals surface area contributed by atoms with Crippen LogP contribution in [0.15, 0.2) is 45.8 Å². The van der Waals surface area contributed by atoms with E-state index in [2.05, 4.69) is 25.0 Å². The molecule has 1 saturated heterocycles. The molecule has 2 atom stereocenters. The van der Waals surface area contributed by atoms with Crippen molar-refractivity contribution in [2.45, 2.75) is 12.2 Å². The van der Waals surface area contributed by atoms with Crippen LogP contribution in [0.3, 0.4) is 0 Å². The number of aromatic nitrogens is 3. The van der Waals surface area contributed by atoms with Crippen LogP contribution in [0.1, 0.15) is 11.7 Å². The Morgan fingerprint density at radius 3 is 3.00 bits per heavy atom. The van der Waals surface area contributed by atoms with Crippen molar-refractivity contribution >= 4 is 11.6 Å². The molecule has 1 aromatic carbocycles. The summed E-state index contributed by atoms with van der Waals surface area (Å²) in [5.41, 5.74) is 0.925. The van der Waals surface area contributed by atoms with E-state index in [-0.39, 0.29) is 10.8 Å². The molecule has 1 aliphatic rings. The summed E-state index contributed by atoms with van der Waals surface area (Å²) in [5, 5.41) is 6.92. The number of hydrogen-bond donors (Lipinski definition) is 2. The SMILES string of the molecule is O=c1[nH]c(-c2ncccc2O[C@@H]2CNCCO[C@H]2c2ccc(Cl)c(F)c2)no1. The van der Waals surface area contributed by atoms with Crippen molar-refractivity contribution in [1.82, 2.24) is 20.4 Å². The predicted molar refractivity (Wildman–Crippen MR) is 97.7 cm³/mol. The highest BCUT2D eigenvalue weighted by molar-refractivity contribution is 6.30. The molecule has 1 fully saturated rings. The van der Waals surface area contributed by atoms with Crippen molar-refractivity contribution in [2.24, 2.45) is 0 Å². The Morgan fingerprint density at radius 1 is 1.32 bits per heavy atom. The zero-order valence-electron chi connectivity index (χ0n) is 14.5. The molecular weight excluding hydrogens is 391 g/mol. The van der Waals surface area contributed by atoms with Gasteiger partial charge in [0.25, 0.3) is 0 Å². The lowest BCUT2D eigenvalue weighted by molar-refractivity contribution is -0.00845. The number of ether oxygens (including phenoxy) is 2. The van der Waals surface area contributed by atoms with Crippen LogP contribution in [0.25, 0.3) is 11.5 Å². The van der Waals surface area contributed by atoms with E-state index < -0.39 is 23.8 Å². The van der Waals surface area contributed by atoms with Gasteiger partial charge in [0, 0.05) is 19.3 Å². The maximum Gasteiger partial charge on any atom is 0.439 e. The Morgan fingerprint density at radius 2 is 2.21 bits per heavy atom. The van der Waals surface area contributed by atoms with E-state index in [1.807, 2.05) is 0 Å². The quantitative estimate of drug-likeness (QED) is 0.685. The molecule has 28 heavy (non-hydrogen) atoms. The van der Waals surface area contributed by atoms with E-state index in [9.17, 15) is 9.18 Å². The molecule has 2 aromatic heterocycles. The third-order valence-electron chi connectivity index (χ3n) is 4.25. The Bertz CT molecular complexity index is 1020. The van der Waals surface area contributed by atoms with E-state index >= 15 is 0 Å². The zero-order valence-corrected chi connectivity index (χ0v) is 15.3. The summed E-state index contributed by atoms with van der Waals surface area (Å²) in [6.45, 7) is 1.52. The topological polar surface area (TPSA) is 102 Å². The molecular formula is C18H16ClFN4O4. The molecule has 0 saturated carbocycles. The van der Waals surface area contributed by atoms with Crippen molar-refractivity contribution < 1.29 is 18.4 Å². The molecule has 3 aromatic rings. The third kappa shape index (κ3) is 3.91. The minimum Gasteiger partial charge on any atom is -0.484 e. The molecule has 0 bridgehead atoms. The van der Waals surface area contributed by atoms with E-state index in [0.717, 1.165) is 0 Å². The van der Waals surface area contributed by atoms with Gasteiger partial charge in [0.15, 0.2) is 5.69 Å². The van der Waals surface area contributed by atoms with Crippen LogP contribution in [0.4, 0.5) is 4.39 Å². The van der Waals surface area contributed by atoms with E-state index in [1.165, 1.54) is 12.1 Å². The normalized spacial score (nSPS) is 19.9. The lowest BCUT2D eigenvalue weighted by Gasteiger charge is -2.26. The second-order valence-electron chi connectivity index (χ2n) is 6.12. The Labute approximate surface area is 163 Å². The van der Waals surface area contributed by atoms with Crippen molar-refractivity contribution in [3.05, 3.63) is 63.5 Å². The second-order valence-corrected chi connectivity index (χ2v) is 6.53. The highest BCUT2D eigenvalue weighted by Crippen LogP contribution is 2.31. The first-order valence-electron chi connectivity index (χ1n) is 8.57. The minimum absolute atomic E-state index is 0.0393. The lowest BCUT2D eigenvalue weighted by Crippen LogP contribution is -2.34. The highest BCUT2D eigenvalue weighted by atomic mass is 35.5. The van der Waals surface area contributed by atoms with Gasteiger partial charge in [0.05, 0.1) is 11.6 Å². The summed E-state index contributed by atoms with van der Waals surface area (Å²) in [6.07, 6.45) is 0.513. The van der Waals surface area contributed by atoms with Crippen molar-refractivity contribution in [3.63, 3.8) is 0 Å². The summed E-state index contributed by atoms with van der Waals surface area (Å²) in [5.74, 6) is -0.692. The van der Waals surface area contributed by atoms with Crippen molar-refractivity contribution in [1.29, 1.82) is 0 Å². The van der Waals surface area contributed by atoms with Crippen molar-refractivity contribution in [3.8, 4) is 17.3 Å². The minimum atomic E-state index is -0.694. The fourth-order valence-corrected chi connectivity index (χ4v) is 3.10. The van der Waals surface area contributed by atoms with Gasteiger partial charge in [-0.3, -0.25) is 9.51 Å². The molecule has 0 aliphatic carbocycles. The average molecular weight is 407 g/mol. The van der Waals surface area contributed by atoms with Gasteiger partial charge in [0.1, 0.15) is 23.8 Å². The standard InChI is InChI=1S/C18H16ClFN4O4/c19-11-4-3-10(8-12(11)20)16-14(9-21-6-7-26-16)27-13-2-1-5-22-15(13)17-23-18(25)28-24-17/h1-5,8,14,16,21H,6-7,9H2,(H,23,24,25)/t14-,16+/m1/s1. The number of aromatic amines is 1. The maximum absolute atomic E-state index is 14.0. The fourth-order valence-electron chi connectivity index (χ4n) is 2.98. The molecule has 2 N–H and O–H groups in total. The number of nitrogens with zero attached hydrogens (tertiary/aromatic N) is 2. The number of rotatable bonds is 4. The largest absolute Gasteiger partial charge is 0.484 e. The predicted octanol–water partition coefficient (Wildman–Crippen LogP) is 2.33. The van der Waals surface area contributed by atoms with Gasteiger partial charge in [-0.25, -0.2) is 14.2 Å². The van der Waals surface area contributed by atoms with E-state index in [1.54, 1.807) is 24.4 Å². The van der Waals surface area contributed by atoms with Gasteiger partial charge in [-0.1, -0.05) is 22.8 Å². The van der Waals surface area contributed by atoms with Crippen LogP contribution >= 0.6 is 11.6 Å². The Balaban J connectivity index is 1.66. The zero-order chi connectivity index (χ0) is 19.5. The fraction of sp³-hybridized carbons (Fsp3) is 0.278. The molecule has 0 spiro atoms. The number of pyridine rings is 1. The lowest BCUT2D eigenvalue weighted by atomic mass is 10.0. The first-order chi connectivity index (χ1) is 13.6. The van der Waals surface area contributed by atoms with Crippen LogP contribution in [0.5, 0.6) is 5.75 Å². The first kappa shape index (κ1) is 18.6. The number of hydrogen-bond acceptors (Lipinski definition) is 7. The summed E-state index contributed by atoms with van der Waals surface area (Å²) in [4.78, 5) is 17.9. The molecule has 0 radical (unpaired) electrons. The Hall–Kier alpha value is -2.75. The van der Waals surface area contributed by atoms with Gasteiger partial charge in [-0.05, 0) is 29.8 Å². The second kappa shape index (κ2) is 8.09. The number of H-pyrrole nitrogens is 1. The summed E-state index contributed by atoms with van der Waals surface area (Å²) < 4.78 is 30.6. The van der Waals surface area contributed by atoms with Gasteiger partial charge in [-0.15, -0.1) is 0 Å². The number of nitrogens with one attached hydrogen (secondary N) is 2. The van der Waals surface area contributed by atoms with Crippen LogP contribution in [-0.2, 0) is 4.74 Å². The molecule has 4 rings (SSSR count). The molecule has 3 heterocycles. The monoisotopic (exact) mass is 406 g/mol. The van der Waals surface area contributed by atoms with Crippen LogP contribution in [0, 0.1) is 5.82 Å². The van der Waals surface area contributed by atoms with Crippen LogP contribution in [-0.4, -0.2) is 40.9 Å². The van der Waals surface area contributed by atoms with Crippen molar-refractivity contribution in [2.75, 3.05) is 19.7 Å². The molecule has 146 valence electrons. The smallest absolute Gasteiger partial charge is 0.439 e. The van der Waals surface area contributed by atoms with Gasteiger partial charge in [0.2, 0.25) is 5.82 Å². The average Bonchev–Trinajstić information content (AvgIpc) is 2.99. The molecule has 1 aliphatic heterocycles. The van der Waals surface area contributed by atoms with Crippen LogP contribution < -0.4 is 15.8 Å². The summed E-state index contributed by atoms with van der Waals surface area (Å²) in [6, 6.07) is 7.92. The number of benzene rings is 1. The van der Waals surface area contributed by atoms with E-state index in [0.29, 0.717) is 36.7 Å². The molecule has 0 amide bonds. The van der Waals surface area contributed by atoms with Crippen LogP contribution in [0.2, 0.25) is 5.02 Å². The summed E-state index contributed by atoms with van der Waals surface area (Å²) in [7, 11) is 0. The molecule has 0 unspecified atom stereocenters. The summed E-state index contributed by atoms with van der Waals surface area (Å²) >= 11 is 5.80. The molecule has 10 heteroatoms. The van der Waals surface area contributed by atoms with E-state index in [4.69, 9.17) is 21.1 Å². The van der Waals surface area contributed by atoms with Gasteiger partial charge in [-0.2, -0.15) is 0 Å². The van der Waals surface area contributed by atoms with Gasteiger partial charge >= 0.3 is 5.76 Å². The molecule has 8 nitrogen and oxygen atoms in total. The first-order valence-corrected chi connectivity index (χ1v) is 8.95. The highest BCUT2D eigenvalue weighted by Gasteiger charge is 2.30.